The van der Waals surface area contributed by atoms with E-state index < -0.39 is 6.10 Å². The number of rotatable bonds is 3. The molecule has 1 saturated heterocycles. The van der Waals surface area contributed by atoms with Crippen LogP contribution >= 0.6 is 0 Å². The van der Waals surface area contributed by atoms with Crippen molar-refractivity contribution >= 4 is 11.7 Å². The number of nitrogens with zero attached hydrogens (tertiary/aromatic N) is 5. The van der Waals surface area contributed by atoms with Crippen LogP contribution in [0.1, 0.15) is 53.1 Å². The summed E-state index contributed by atoms with van der Waals surface area (Å²) in [5.74, 6) is 1.72. The summed E-state index contributed by atoms with van der Waals surface area (Å²) in [6, 6.07) is 1.79. The molecule has 0 bridgehead atoms. The van der Waals surface area contributed by atoms with Gasteiger partial charge in [-0.3, -0.25) is 9.48 Å². The van der Waals surface area contributed by atoms with Crippen molar-refractivity contribution in [1.29, 1.82) is 0 Å². The lowest BCUT2D eigenvalue weighted by Crippen LogP contribution is -2.49. The summed E-state index contributed by atoms with van der Waals surface area (Å²) in [4.78, 5) is 24.0. The van der Waals surface area contributed by atoms with E-state index in [4.69, 9.17) is 0 Å². The van der Waals surface area contributed by atoms with Crippen molar-refractivity contribution in [3.63, 3.8) is 0 Å². The van der Waals surface area contributed by atoms with E-state index in [2.05, 4.69) is 25.3 Å². The van der Waals surface area contributed by atoms with E-state index in [0.29, 0.717) is 24.0 Å². The third-order valence-corrected chi connectivity index (χ3v) is 7.11. The number of carbonyl (C=O) groups excluding carboxylic acids is 1. The average molecular weight is 411 g/mol. The summed E-state index contributed by atoms with van der Waals surface area (Å²) in [6.45, 7) is 3.77. The number of aromatic nitrogens is 4. The maximum atomic E-state index is 13.1. The molecule has 0 unspecified atom stereocenters. The van der Waals surface area contributed by atoms with Crippen LogP contribution in [-0.2, 0) is 19.9 Å². The fourth-order valence-corrected chi connectivity index (χ4v) is 5.59. The minimum atomic E-state index is -0.522. The smallest absolute Gasteiger partial charge is 0.270 e. The van der Waals surface area contributed by atoms with Crippen molar-refractivity contribution in [2.45, 2.75) is 57.6 Å². The van der Waals surface area contributed by atoms with Gasteiger partial charge >= 0.3 is 0 Å². The predicted octanol–water partition coefficient (Wildman–Crippen LogP) is 1.40. The highest BCUT2D eigenvalue weighted by molar-refractivity contribution is 5.94. The number of fused-ring (bicyclic) bond motifs is 2. The zero-order valence-electron chi connectivity index (χ0n) is 17.7. The van der Waals surface area contributed by atoms with Gasteiger partial charge in [-0.05, 0) is 57.3 Å². The van der Waals surface area contributed by atoms with Gasteiger partial charge in [0.2, 0.25) is 0 Å². The number of carbonyl (C=O) groups is 1. The quantitative estimate of drug-likeness (QED) is 0.794. The average Bonchev–Trinajstić information content (AvgIpc) is 3.27. The van der Waals surface area contributed by atoms with Crippen molar-refractivity contribution in [3.05, 3.63) is 35.0 Å². The van der Waals surface area contributed by atoms with Gasteiger partial charge in [-0.1, -0.05) is 0 Å². The second-order valence-electron chi connectivity index (χ2n) is 9.17. The monoisotopic (exact) mass is 410 g/mol. The highest BCUT2D eigenvalue weighted by Crippen LogP contribution is 2.38. The minimum absolute atomic E-state index is 0.100. The standard InChI is InChI=1S/C22H30N6O2/c1-13-7-20(24-12-23-13)28-10-14-8-18(19(29)9-15(14)11-28)25-22(30)21-16-5-3-4-6-17(16)26-27(21)2/h7,12,14-15,18-19,29H,3-6,8-11H2,1-2H3,(H,25,30)/t14-,15+,18-,19-/m0/s1. The van der Waals surface area contributed by atoms with Gasteiger partial charge in [0.1, 0.15) is 17.8 Å². The molecule has 0 aromatic carbocycles. The first-order valence-electron chi connectivity index (χ1n) is 11.1. The third-order valence-electron chi connectivity index (χ3n) is 7.11. The molecule has 2 aromatic heterocycles. The second kappa shape index (κ2) is 7.65. The lowest BCUT2D eigenvalue weighted by molar-refractivity contribution is 0.0458. The lowest BCUT2D eigenvalue weighted by atomic mass is 9.77. The minimum Gasteiger partial charge on any atom is -0.391 e. The molecule has 30 heavy (non-hydrogen) atoms. The molecular formula is C22H30N6O2. The van der Waals surface area contributed by atoms with E-state index in [1.54, 1.807) is 11.0 Å². The maximum Gasteiger partial charge on any atom is 0.270 e. The topological polar surface area (TPSA) is 96.2 Å². The van der Waals surface area contributed by atoms with Crippen LogP contribution in [0.2, 0.25) is 0 Å². The zero-order valence-corrected chi connectivity index (χ0v) is 17.7. The Kier molecular flexibility index (Phi) is 4.97. The summed E-state index contributed by atoms with van der Waals surface area (Å²) in [5.41, 5.74) is 3.78. The molecule has 0 radical (unpaired) electrons. The molecule has 2 N–H and O–H groups in total. The predicted molar refractivity (Wildman–Crippen MR) is 112 cm³/mol. The molecule has 1 aliphatic heterocycles. The Labute approximate surface area is 176 Å². The second-order valence-corrected chi connectivity index (χ2v) is 9.17. The Morgan fingerprint density at radius 1 is 1.17 bits per heavy atom. The number of aryl methyl sites for hydroxylation is 3. The van der Waals surface area contributed by atoms with Crippen LogP contribution in [-0.4, -0.2) is 56.0 Å². The maximum absolute atomic E-state index is 13.1. The van der Waals surface area contributed by atoms with Gasteiger partial charge in [-0.25, -0.2) is 9.97 Å². The Morgan fingerprint density at radius 3 is 2.73 bits per heavy atom. The molecule has 2 fully saturated rings. The Hall–Kier alpha value is -2.48. The summed E-state index contributed by atoms with van der Waals surface area (Å²) in [5, 5.41) is 18.5. The molecule has 8 heteroatoms. The van der Waals surface area contributed by atoms with Crippen LogP contribution in [0.15, 0.2) is 12.4 Å². The van der Waals surface area contributed by atoms with Crippen molar-refractivity contribution < 1.29 is 9.90 Å². The van der Waals surface area contributed by atoms with Crippen molar-refractivity contribution in [1.82, 2.24) is 25.1 Å². The third kappa shape index (κ3) is 3.47. The largest absolute Gasteiger partial charge is 0.391 e. The van der Waals surface area contributed by atoms with E-state index in [9.17, 15) is 9.90 Å². The number of anilines is 1. The molecule has 1 saturated carbocycles. The van der Waals surface area contributed by atoms with Gasteiger partial charge in [0.15, 0.2) is 0 Å². The number of aliphatic hydroxyl groups is 1. The molecule has 160 valence electrons. The van der Waals surface area contributed by atoms with Gasteiger partial charge in [0.25, 0.3) is 5.91 Å². The first-order valence-corrected chi connectivity index (χ1v) is 11.1. The zero-order chi connectivity index (χ0) is 20.8. The van der Waals surface area contributed by atoms with Crippen LogP contribution in [0, 0.1) is 18.8 Å². The first-order chi connectivity index (χ1) is 14.5. The SMILES string of the molecule is Cc1cc(N2C[C@H]3C[C@H](O)[C@@H](NC(=O)c4c5c(nn4C)CCCC5)C[C@H]3C2)ncn1. The fraction of sp³-hybridized carbons (Fsp3) is 0.636. The highest BCUT2D eigenvalue weighted by Gasteiger charge is 2.43. The Bertz CT molecular complexity index is 957. The summed E-state index contributed by atoms with van der Waals surface area (Å²) >= 11 is 0. The summed E-state index contributed by atoms with van der Waals surface area (Å²) < 4.78 is 1.72. The molecular weight excluding hydrogens is 380 g/mol. The van der Waals surface area contributed by atoms with E-state index in [1.807, 2.05) is 20.0 Å². The number of hydrogen-bond donors (Lipinski definition) is 2. The van der Waals surface area contributed by atoms with E-state index >= 15 is 0 Å². The van der Waals surface area contributed by atoms with Gasteiger partial charge in [0.05, 0.1) is 17.8 Å². The van der Waals surface area contributed by atoms with Gasteiger partial charge in [-0.15, -0.1) is 0 Å². The van der Waals surface area contributed by atoms with Crippen molar-refractivity contribution in [3.8, 4) is 0 Å². The number of amides is 1. The summed E-state index contributed by atoms with van der Waals surface area (Å²) in [7, 11) is 1.85. The number of aliphatic hydroxyl groups excluding tert-OH is 1. The van der Waals surface area contributed by atoms with Crippen LogP contribution in [0.3, 0.4) is 0 Å². The molecule has 8 nitrogen and oxygen atoms in total. The molecule has 2 aromatic rings. The van der Waals surface area contributed by atoms with Crippen molar-refractivity contribution in [2.75, 3.05) is 18.0 Å². The molecule has 3 heterocycles. The highest BCUT2D eigenvalue weighted by atomic mass is 16.3. The van der Waals surface area contributed by atoms with Gasteiger partial charge in [-0.2, -0.15) is 5.10 Å². The van der Waals surface area contributed by atoms with Gasteiger partial charge in [0, 0.05) is 37.5 Å². The number of nitrogens with one attached hydrogen (secondary N) is 1. The van der Waals surface area contributed by atoms with Crippen molar-refractivity contribution in [2.24, 2.45) is 18.9 Å². The van der Waals surface area contributed by atoms with Crippen LogP contribution in [0.5, 0.6) is 0 Å². The molecule has 1 amide bonds. The van der Waals surface area contributed by atoms with E-state index in [-0.39, 0.29) is 11.9 Å². The Morgan fingerprint density at radius 2 is 1.93 bits per heavy atom. The molecule has 4 atom stereocenters. The normalized spacial score (nSPS) is 28.2. The van der Waals surface area contributed by atoms with E-state index in [1.165, 1.54) is 0 Å². The fourth-order valence-electron chi connectivity index (χ4n) is 5.59. The van der Waals surface area contributed by atoms with Gasteiger partial charge < -0.3 is 15.3 Å². The van der Waals surface area contributed by atoms with E-state index in [0.717, 1.165) is 68.0 Å². The Balaban J connectivity index is 1.28. The number of hydrogen-bond acceptors (Lipinski definition) is 6. The lowest BCUT2D eigenvalue weighted by Gasteiger charge is -2.35. The molecule has 2 aliphatic carbocycles. The van der Waals surface area contributed by atoms with Crippen LogP contribution in [0.25, 0.3) is 0 Å². The van der Waals surface area contributed by atoms with Crippen LogP contribution in [0.4, 0.5) is 5.82 Å². The summed E-state index contributed by atoms with van der Waals surface area (Å²) in [6.07, 6.45) is 6.69. The van der Waals surface area contributed by atoms with Crippen LogP contribution < -0.4 is 10.2 Å². The molecule has 3 aliphatic rings. The molecule has 5 rings (SSSR count). The first kappa shape index (κ1) is 19.5. The molecule has 0 spiro atoms.